The highest BCUT2D eigenvalue weighted by Crippen LogP contribution is 2.35. The number of hydrogen-bond donors (Lipinski definition) is 1. The van der Waals surface area contributed by atoms with Crippen LogP contribution in [0.25, 0.3) is 10.9 Å². The maximum atomic E-state index is 12.4. The van der Waals surface area contributed by atoms with Gasteiger partial charge in [0.25, 0.3) is 0 Å². The highest BCUT2D eigenvalue weighted by Gasteiger charge is 2.32. The number of ether oxygens (including phenoxy) is 1. The highest BCUT2D eigenvalue weighted by atomic mass is 16.5. The van der Waals surface area contributed by atoms with Crippen molar-refractivity contribution in [2.24, 2.45) is 0 Å². The minimum absolute atomic E-state index is 0.219. The molecule has 5 heteroatoms. The number of benzene rings is 1. The molecule has 0 saturated carbocycles. The summed E-state index contributed by atoms with van der Waals surface area (Å²) < 4.78 is 5.06. The number of para-hydroxylation sites is 1. The van der Waals surface area contributed by atoms with Crippen molar-refractivity contribution in [2.75, 3.05) is 20.2 Å². The average Bonchev–Trinajstić information content (AvgIpc) is 3.13. The van der Waals surface area contributed by atoms with Crippen molar-refractivity contribution >= 4 is 16.9 Å². The number of piperidine rings is 1. The molecule has 1 atom stereocenters. The van der Waals surface area contributed by atoms with Gasteiger partial charge in [0.15, 0.2) is 0 Å². The summed E-state index contributed by atoms with van der Waals surface area (Å²) >= 11 is 0. The predicted octanol–water partition coefficient (Wildman–Crippen LogP) is 3.66. The number of nitrogens with one attached hydrogen (secondary N) is 1. The zero-order valence-electron chi connectivity index (χ0n) is 14.9. The molecule has 1 aliphatic heterocycles. The Balaban J connectivity index is 1.52. The maximum absolute atomic E-state index is 12.4. The van der Waals surface area contributed by atoms with Gasteiger partial charge in [0.1, 0.15) is 6.04 Å². The van der Waals surface area contributed by atoms with E-state index in [1.54, 1.807) is 12.4 Å². The van der Waals surface area contributed by atoms with Gasteiger partial charge < -0.3 is 9.72 Å². The Kier molecular flexibility index (Phi) is 4.71. The van der Waals surface area contributed by atoms with E-state index in [1.807, 2.05) is 12.1 Å². The molecule has 1 aliphatic rings. The lowest BCUT2D eigenvalue weighted by atomic mass is 9.88. The topological polar surface area (TPSA) is 58.2 Å². The van der Waals surface area contributed by atoms with E-state index in [0.717, 1.165) is 31.5 Å². The van der Waals surface area contributed by atoms with Crippen LogP contribution in [0.5, 0.6) is 0 Å². The molecular formula is C21H23N3O2. The first kappa shape index (κ1) is 16.8. The van der Waals surface area contributed by atoms with Gasteiger partial charge >= 0.3 is 5.97 Å². The Morgan fingerprint density at radius 2 is 2.04 bits per heavy atom. The van der Waals surface area contributed by atoms with Gasteiger partial charge in [0.05, 0.1) is 7.11 Å². The first-order valence-electron chi connectivity index (χ1n) is 9.05. The lowest BCUT2D eigenvalue weighted by Crippen LogP contribution is -2.40. The van der Waals surface area contributed by atoms with Crippen LogP contribution in [0, 0.1) is 0 Å². The van der Waals surface area contributed by atoms with Crippen LogP contribution < -0.4 is 0 Å². The Labute approximate surface area is 153 Å². The number of likely N-dealkylation sites (tertiary alicyclic amines) is 1. The van der Waals surface area contributed by atoms with Crippen molar-refractivity contribution in [3.05, 3.63) is 66.1 Å². The third-order valence-corrected chi connectivity index (χ3v) is 5.38. The van der Waals surface area contributed by atoms with E-state index in [1.165, 1.54) is 23.6 Å². The summed E-state index contributed by atoms with van der Waals surface area (Å²) in [7, 11) is 1.45. The van der Waals surface area contributed by atoms with Crippen LogP contribution in [0.4, 0.5) is 0 Å². The number of aromatic amines is 1. The Hall–Kier alpha value is -2.66. The van der Waals surface area contributed by atoms with Crippen LogP contribution in [-0.2, 0) is 9.53 Å². The summed E-state index contributed by atoms with van der Waals surface area (Å²) in [4.78, 5) is 22.2. The zero-order valence-corrected chi connectivity index (χ0v) is 14.9. The van der Waals surface area contributed by atoms with Crippen molar-refractivity contribution in [1.82, 2.24) is 14.9 Å². The molecule has 0 aliphatic carbocycles. The molecule has 1 unspecified atom stereocenters. The van der Waals surface area contributed by atoms with E-state index in [0.29, 0.717) is 5.92 Å². The molecule has 134 valence electrons. The molecule has 3 aromatic rings. The summed E-state index contributed by atoms with van der Waals surface area (Å²) in [5.41, 5.74) is 3.47. The molecule has 26 heavy (non-hydrogen) atoms. The van der Waals surface area contributed by atoms with Crippen LogP contribution in [0.2, 0.25) is 0 Å². The molecule has 1 N–H and O–H groups in total. The van der Waals surface area contributed by atoms with E-state index >= 15 is 0 Å². The lowest BCUT2D eigenvalue weighted by molar-refractivity contribution is -0.147. The quantitative estimate of drug-likeness (QED) is 0.731. The molecule has 4 rings (SSSR count). The van der Waals surface area contributed by atoms with Crippen molar-refractivity contribution in [2.45, 2.75) is 24.8 Å². The lowest BCUT2D eigenvalue weighted by Gasteiger charge is -2.36. The van der Waals surface area contributed by atoms with Gasteiger partial charge in [0, 0.05) is 29.5 Å². The molecule has 0 spiro atoms. The normalized spacial score (nSPS) is 17.3. The predicted molar refractivity (Wildman–Crippen MR) is 101 cm³/mol. The first-order valence-corrected chi connectivity index (χ1v) is 9.05. The third-order valence-electron chi connectivity index (χ3n) is 5.38. The molecule has 0 amide bonds. The summed E-state index contributed by atoms with van der Waals surface area (Å²) in [5.74, 6) is 0.290. The molecule has 2 aromatic heterocycles. The van der Waals surface area contributed by atoms with Crippen LogP contribution in [-0.4, -0.2) is 41.0 Å². The maximum Gasteiger partial charge on any atom is 0.327 e. The molecule has 1 aromatic carbocycles. The second-order valence-corrected chi connectivity index (χ2v) is 6.81. The number of hydrogen-bond acceptors (Lipinski definition) is 4. The second kappa shape index (κ2) is 7.30. The highest BCUT2D eigenvalue weighted by molar-refractivity contribution is 5.83. The number of fused-ring (bicyclic) bond motifs is 1. The number of nitrogens with zero attached hydrogens (tertiary/aromatic N) is 2. The van der Waals surface area contributed by atoms with Crippen molar-refractivity contribution in [3.8, 4) is 0 Å². The molecular weight excluding hydrogens is 326 g/mol. The van der Waals surface area contributed by atoms with Crippen LogP contribution in [0.3, 0.4) is 0 Å². The number of H-pyrrole nitrogens is 1. The minimum atomic E-state index is -0.377. The van der Waals surface area contributed by atoms with E-state index in [-0.39, 0.29) is 12.0 Å². The fraction of sp³-hybridized carbons (Fsp3) is 0.333. The standard InChI is InChI=1S/C21H23N3O2/c1-26-21(25)20(16-5-4-10-22-13-16)24-11-8-15(9-12-24)18-14-23-19-7-3-2-6-17(18)19/h2-7,10,13-15,20,23H,8-9,11-12H2,1H3. The molecule has 0 bridgehead atoms. The summed E-state index contributed by atoms with van der Waals surface area (Å²) in [6.07, 6.45) is 7.67. The monoisotopic (exact) mass is 349 g/mol. The average molecular weight is 349 g/mol. The fourth-order valence-corrected chi connectivity index (χ4v) is 4.05. The van der Waals surface area contributed by atoms with Gasteiger partial charge in [-0.3, -0.25) is 9.88 Å². The molecule has 1 fully saturated rings. The Morgan fingerprint density at radius 1 is 1.23 bits per heavy atom. The van der Waals surface area contributed by atoms with Crippen LogP contribution >= 0.6 is 0 Å². The van der Waals surface area contributed by atoms with Crippen LogP contribution in [0.15, 0.2) is 55.0 Å². The van der Waals surface area contributed by atoms with E-state index < -0.39 is 0 Å². The summed E-state index contributed by atoms with van der Waals surface area (Å²) in [5, 5.41) is 1.31. The largest absolute Gasteiger partial charge is 0.468 e. The van der Waals surface area contributed by atoms with E-state index in [2.05, 4.69) is 45.3 Å². The van der Waals surface area contributed by atoms with Crippen molar-refractivity contribution in [3.63, 3.8) is 0 Å². The Bertz CT molecular complexity index is 882. The van der Waals surface area contributed by atoms with Gasteiger partial charge in [-0.05, 0) is 55.1 Å². The number of carbonyl (C=O) groups is 1. The summed E-state index contributed by atoms with van der Waals surface area (Å²) in [6, 6.07) is 11.9. The minimum Gasteiger partial charge on any atom is -0.468 e. The number of carbonyl (C=O) groups excluding carboxylic acids is 1. The molecule has 1 saturated heterocycles. The van der Waals surface area contributed by atoms with Gasteiger partial charge in [-0.25, -0.2) is 4.79 Å². The molecule has 0 radical (unpaired) electrons. The van der Waals surface area contributed by atoms with Gasteiger partial charge in [-0.15, -0.1) is 0 Å². The number of rotatable bonds is 4. The number of aromatic nitrogens is 2. The first-order chi connectivity index (χ1) is 12.8. The smallest absolute Gasteiger partial charge is 0.327 e. The number of esters is 1. The van der Waals surface area contributed by atoms with Crippen molar-refractivity contribution in [1.29, 1.82) is 0 Å². The van der Waals surface area contributed by atoms with Gasteiger partial charge in [0.2, 0.25) is 0 Å². The van der Waals surface area contributed by atoms with Gasteiger partial charge in [-0.2, -0.15) is 0 Å². The summed E-state index contributed by atoms with van der Waals surface area (Å²) in [6.45, 7) is 1.72. The molecule has 3 heterocycles. The van der Waals surface area contributed by atoms with Gasteiger partial charge in [-0.1, -0.05) is 24.3 Å². The molecule has 5 nitrogen and oxygen atoms in total. The van der Waals surface area contributed by atoms with Crippen molar-refractivity contribution < 1.29 is 9.53 Å². The fourth-order valence-electron chi connectivity index (χ4n) is 4.05. The third kappa shape index (κ3) is 3.10. The number of pyridine rings is 1. The SMILES string of the molecule is COC(=O)C(c1cccnc1)N1CCC(c2c[nH]c3ccccc23)CC1. The van der Waals surface area contributed by atoms with Crippen LogP contribution in [0.1, 0.15) is 35.9 Å². The Morgan fingerprint density at radius 3 is 2.77 bits per heavy atom. The second-order valence-electron chi connectivity index (χ2n) is 6.81. The van der Waals surface area contributed by atoms with E-state index in [4.69, 9.17) is 4.74 Å². The zero-order chi connectivity index (χ0) is 17.9. The van der Waals surface area contributed by atoms with E-state index in [9.17, 15) is 4.79 Å². The number of methoxy groups -OCH3 is 1.